The maximum absolute atomic E-state index is 12.3. The number of allylic oxidation sites excluding steroid dienone is 1. The van der Waals surface area contributed by atoms with E-state index in [9.17, 15) is 10.2 Å². The Morgan fingerprint density at radius 3 is 2.86 bits per heavy atom. The molecule has 0 saturated carbocycles. The summed E-state index contributed by atoms with van der Waals surface area (Å²) in [4.78, 5) is 12.6. The van der Waals surface area contributed by atoms with Crippen molar-refractivity contribution in [3.63, 3.8) is 0 Å². The summed E-state index contributed by atoms with van der Waals surface area (Å²) in [6, 6.07) is 7.05. The van der Waals surface area contributed by atoms with Gasteiger partial charge in [-0.3, -0.25) is 5.87 Å². The van der Waals surface area contributed by atoms with Crippen LogP contribution in [0, 0.1) is 0 Å². The summed E-state index contributed by atoms with van der Waals surface area (Å²) in [5.74, 6) is 1.06. The maximum atomic E-state index is 12.3. The smallest absolute Gasteiger partial charge is 0.336 e. The molecule has 6 heteroatoms. The lowest BCUT2D eigenvalue weighted by atomic mass is 9.81. The van der Waals surface area contributed by atoms with Crippen LogP contribution in [-0.2, 0) is 9.53 Å². The van der Waals surface area contributed by atoms with E-state index in [4.69, 9.17) is 28.6 Å². The molecule has 1 atom stereocenters. The molecule has 1 aromatic carbocycles. The SMILES string of the molecule is CCOC(=O)C1=C(C)NC(=S)C(=C=[N-])[C@H]1c1cccc(Cl)c1. The molecule has 114 valence electrons. The lowest BCUT2D eigenvalue weighted by Crippen LogP contribution is -2.35. The second-order valence-electron chi connectivity index (χ2n) is 4.73. The highest BCUT2D eigenvalue weighted by atomic mass is 35.5. The summed E-state index contributed by atoms with van der Waals surface area (Å²) in [6.45, 7) is 3.73. The third kappa shape index (κ3) is 3.12. The number of thiocarbonyl (C=S) groups is 1. The van der Waals surface area contributed by atoms with E-state index < -0.39 is 11.9 Å². The Labute approximate surface area is 139 Å². The van der Waals surface area contributed by atoms with Crippen molar-refractivity contribution in [2.45, 2.75) is 19.8 Å². The number of nitrogens with one attached hydrogen (secondary N) is 1. The highest BCUT2D eigenvalue weighted by Crippen LogP contribution is 2.37. The molecule has 0 radical (unpaired) electrons. The average molecular weight is 334 g/mol. The van der Waals surface area contributed by atoms with Crippen molar-refractivity contribution in [1.82, 2.24) is 5.32 Å². The van der Waals surface area contributed by atoms with E-state index in [1.165, 1.54) is 0 Å². The van der Waals surface area contributed by atoms with Crippen LogP contribution in [0.3, 0.4) is 0 Å². The Morgan fingerprint density at radius 1 is 1.55 bits per heavy atom. The standard InChI is InChI=1S/C16H14ClN2O2S/c1-3-21-16(20)13-9(2)19-15(22)12(8-18)14(13)10-5-4-6-11(17)7-10/h4-7,14H,3H2,1-2H3,(H,19,22)/q-1/t14-/m1/s1. The van der Waals surface area contributed by atoms with Crippen LogP contribution in [0.2, 0.25) is 5.02 Å². The van der Waals surface area contributed by atoms with Crippen LogP contribution in [0.1, 0.15) is 25.3 Å². The minimum atomic E-state index is -0.573. The van der Waals surface area contributed by atoms with Gasteiger partial charge in [0.2, 0.25) is 0 Å². The van der Waals surface area contributed by atoms with Gasteiger partial charge in [-0.15, -0.1) is 0 Å². The first-order valence-electron chi connectivity index (χ1n) is 6.71. The van der Waals surface area contributed by atoms with Crippen LogP contribution in [0.25, 0.3) is 5.41 Å². The molecule has 0 amide bonds. The zero-order chi connectivity index (χ0) is 16.3. The number of rotatable bonds is 3. The fraction of sp³-hybridized carbons (Fsp3) is 0.250. The Morgan fingerprint density at radius 2 is 2.27 bits per heavy atom. The molecule has 0 spiro atoms. The number of carbonyl (C=O) groups is 1. The van der Waals surface area contributed by atoms with Gasteiger partial charge in [0.05, 0.1) is 18.1 Å². The molecule has 0 aliphatic carbocycles. The number of hydrogen-bond donors (Lipinski definition) is 1. The molecule has 0 unspecified atom stereocenters. The highest BCUT2D eigenvalue weighted by Gasteiger charge is 2.34. The Balaban J connectivity index is 2.65. The predicted octanol–water partition coefficient (Wildman–Crippen LogP) is 3.36. The molecule has 0 saturated heterocycles. The van der Waals surface area contributed by atoms with Gasteiger partial charge in [-0.2, -0.15) is 0 Å². The number of esters is 1. The molecular formula is C16H14ClN2O2S-. The Kier molecular flexibility index (Phi) is 5.14. The first kappa shape index (κ1) is 16.4. The van der Waals surface area contributed by atoms with E-state index in [0.29, 0.717) is 26.9 Å². The van der Waals surface area contributed by atoms with Crippen LogP contribution in [0.4, 0.5) is 0 Å². The van der Waals surface area contributed by atoms with Crippen molar-refractivity contribution in [1.29, 1.82) is 0 Å². The van der Waals surface area contributed by atoms with E-state index in [0.717, 1.165) is 5.56 Å². The molecule has 1 aromatic rings. The Hall–Kier alpha value is -1.94. The van der Waals surface area contributed by atoms with Gasteiger partial charge in [0.15, 0.2) is 0 Å². The topological polar surface area (TPSA) is 60.6 Å². The number of nitrogens with zero attached hydrogens (tertiary/aromatic N) is 1. The van der Waals surface area contributed by atoms with Crippen molar-refractivity contribution >= 4 is 40.6 Å². The van der Waals surface area contributed by atoms with Crippen LogP contribution >= 0.6 is 23.8 Å². The van der Waals surface area contributed by atoms with E-state index in [-0.39, 0.29) is 6.61 Å². The quantitative estimate of drug-likeness (QED) is 0.399. The van der Waals surface area contributed by atoms with Gasteiger partial charge in [0.25, 0.3) is 0 Å². The number of benzene rings is 1. The first-order chi connectivity index (χ1) is 10.5. The second-order valence-corrected chi connectivity index (χ2v) is 5.57. The fourth-order valence-electron chi connectivity index (χ4n) is 2.41. The molecule has 1 aliphatic rings. The van der Waals surface area contributed by atoms with E-state index in [1.54, 1.807) is 32.0 Å². The van der Waals surface area contributed by atoms with Crippen molar-refractivity contribution in [3.8, 4) is 0 Å². The average Bonchev–Trinajstić information content (AvgIpc) is 2.46. The monoisotopic (exact) mass is 333 g/mol. The molecule has 0 fully saturated rings. The van der Waals surface area contributed by atoms with Gasteiger partial charge in [0, 0.05) is 16.3 Å². The number of ether oxygens (including phenoxy) is 1. The van der Waals surface area contributed by atoms with Crippen molar-refractivity contribution in [2.75, 3.05) is 6.61 Å². The van der Waals surface area contributed by atoms with Crippen LogP contribution < -0.4 is 5.32 Å². The van der Waals surface area contributed by atoms with Crippen LogP contribution in [0.5, 0.6) is 0 Å². The summed E-state index contributed by atoms with van der Waals surface area (Å²) in [6.07, 6.45) is 0. The normalized spacial score (nSPS) is 17.9. The molecule has 1 aliphatic heterocycles. The molecular weight excluding hydrogens is 320 g/mol. The minimum absolute atomic E-state index is 0.254. The van der Waals surface area contributed by atoms with E-state index in [1.807, 2.05) is 6.07 Å². The maximum Gasteiger partial charge on any atom is 0.336 e. The third-order valence-corrected chi connectivity index (χ3v) is 3.88. The minimum Gasteiger partial charge on any atom is -0.763 e. The molecule has 22 heavy (non-hydrogen) atoms. The lowest BCUT2D eigenvalue weighted by Gasteiger charge is -2.30. The van der Waals surface area contributed by atoms with Crippen LogP contribution in [-0.4, -0.2) is 23.4 Å². The van der Waals surface area contributed by atoms with Crippen molar-refractivity contribution in [2.24, 2.45) is 0 Å². The van der Waals surface area contributed by atoms with Gasteiger partial charge in [0.1, 0.15) is 4.99 Å². The highest BCUT2D eigenvalue weighted by molar-refractivity contribution is 7.80. The molecule has 1 heterocycles. The van der Waals surface area contributed by atoms with E-state index in [2.05, 4.69) is 11.2 Å². The predicted molar refractivity (Wildman–Crippen MR) is 91.1 cm³/mol. The zero-order valence-corrected chi connectivity index (χ0v) is 13.7. The van der Waals surface area contributed by atoms with E-state index >= 15 is 0 Å². The van der Waals surface area contributed by atoms with Crippen molar-refractivity contribution in [3.05, 3.63) is 57.1 Å². The van der Waals surface area contributed by atoms with Crippen LogP contribution in [0.15, 0.2) is 41.1 Å². The van der Waals surface area contributed by atoms with Gasteiger partial charge in [-0.25, -0.2) is 4.79 Å². The summed E-state index contributed by atoms with van der Waals surface area (Å²) in [5, 5.41) is 12.9. The molecule has 4 nitrogen and oxygen atoms in total. The summed E-state index contributed by atoms with van der Waals surface area (Å²) in [7, 11) is 0. The zero-order valence-electron chi connectivity index (χ0n) is 12.1. The number of halogens is 1. The molecule has 1 N–H and O–H groups in total. The Bertz CT molecular complexity index is 721. The molecule has 0 aromatic heterocycles. The van der Waals surface area contributed by atoms with Gasteiger partial charge in [-0.05, 0) is 31.5 Å². The molecule has 2 rings (SSSR count). The molecule has 0 bridgehead atoms. The second kappa shape index (κ2) is 6.88. The fourth-order valence-corrected chi connectivity index (χ4v) is 2.93. The largest absolute Gasteiger partial charge is 0.763 e. The third-order valence-electron chi connectivity index (χ3n) is 3.32. The lowest BCUT2D eigenvalue weighted by molar-refractivity contribution is -0.138. The number of carbonyl (C=O) groups excluding carboxylic acids is 1. The summed E-state index contributed by atoms with van der Waals surface area (Å²) >= 11 is 11.3. The van der Waals surface area contributed by atoms with Gasteiger partial charge in [-0.1, -0.05) is 36.0 Å². The summed E-state index contributed by atoms with van der Waals surface area (Å²) < 4.78 is 5.13. The first-order valence-corrected chi connectivity index (χ1v) is 7.49. The number of hydrogen-bond acceptors (Lipinski definition) is 3. The van der Waals surface area contributed by atoms with Gasteiger partial charge < -0.3 is 15.5 Å². The van der Waals surface area contributed by atoms with Crippen molar-refractivity contribution < 1.29 is 9.53 Å². The van der Waals surface area contributed by atoms with Gasteiger partial charge >= 0.3 is 5.97 Å². The summed E-state index contributed by atoms with van der Waals surface area (Å²) in [5.41, 5.74) is 2.02.